The molecule has 2 rings (SSSR count). The van der Waals surface area contributed by atoms with Crippen LogP contribution in [0.25, 0.3) is 0 Å². The predicted molar refractivity (Wildman–Crippen MR) is 65.8 cm³/mol. The highest BCUT2D eigenvalue weighted by Gasteiger charge is 2.31. The van der Waals surface area contributed by atoms with Crippen LogP contribution < -0.4 is 4.72 Å². The third-order valence-electron chi connectivity index (χ3n) is 3.01. The first-order chi connectivity index (χ1) is 8.38. The Morgan fingerprint density at radius 1 is 1.28 bits per heavy atom. The van der Waals surface area contributed by atoms with E-state index in [1.807, 2.05) is 0 Å². The molecule has 98 valence electrons. The van der Waals surface area contributed by atoms with Crippen LogP contribution in [0.3, 0.4) is 0 Å². The Morgan fingerprint density at radius 2 is 1.83 bits per heavy atom. The number of aliphatic hydroxyl groups is 1. The van der Waals surface area contributed by atoms with Gasteiger partial charge in [-0.2, -0.15) is 0 Å². The van der Waals surface area contributed by atoms with Gasteiger partial charge in [-0.3, -0.25) is 4.79 Å². The molecule has 0 radical (unpaired) electrons. The highest BCUT2D eigenvalue weighted by Crippen LogP contribution is 2.22. The van der Waals surface area contributed by atoms with E-state index in [9.17, 15) is 13.2 Å². The summed E-state index contributed by atoms with van der Waals surface area (Å²) in [4.78, 5) is 11.2. The van der Waals surface area contributed by atoms with E-state index >= 15 is 0 Å². The van der Waals surface area contributed by atoms with Crippen LogP contribution in [0.2, 0.25) is 0 Å². The lowest BCUT2D eigenvalue weighted by Crippen LogP contribution is -2.46. The molecule has 0 aliphatic heterocycles. The predicted octanol–water partition coefficient (Wildman–Crippen LogP) is 0.691. The molecule has 1 aromatic rings. The fourth-order valence-electron chi connectivity index (χ4n) is 1.84. The van der Waals surface area contributed by atoms with Crippen LogP contribution in [-0.2, 0) is 10.0 Å². The average molecular weight is 269 g/mol. The molecule has 1 fully saturated rings. The quantitative estimate of drug-likeness (QED) is 0.788. The molecular formula is C12H15NO4S. The van der Waals surface area contributed by atoms with Crippen molar-refractivity contribution in [3.63, 3.8) is 0 Å². The molecule has 0 bridgehead atoms. The van der Waals surface area contributed by atoms with Crippen molar-refractivity contribution in [2.45, 2.75) is 36.8 Å². The number of ketones is 1. The molecule has 0 amide bonds. The van der Waals surface area contributed by atoms with E-state index in [1.54, 1.807) is 0 Å². The van der Waals surface area contributed by atoms with E-state index in [1.165, 1.54) is 31.2 Å². The lowest BCUT2D eigenvalue weighted by Gasteiger charge is -2.31. The van der Waals surface area contributed by atoms with Crippen molar-refractivity contribution in [2.75, 3.05) is 0 Å². The molecular weight excluding hydrogens is 254 g/mol. The summed E-state index contributed by atoms with van der Waals surface area (Å²) >= 11 is 0. The second-order valence-corrected chi connectivity index (χ2v) is 6.24. The summed E-state index contributed by atoms with van der Waals surface area (Å²) in [5.74, 6) is -0.103. The topological polar surface area (TPSA) is 83.5 Å². The smallest absolute Gasteiger partial charge is 0.240 e. The number of Topliss-reactive ketones (excluding diaryl/α,β-unsaturated/α-hetero) is 1. The summed E-state index contributed by atoms with van der Waals surface area (Å²) in [6.45, 7) is 1.43. The molecule has 1 aromatic carbocycles. The fourth-order valence-corrected chi connectivity index (χ4v) is 3.10. The van der Waals surface area contributed by atoms with E-state index < -0.39 is 16.1 Å². The van der Waals surface area contributed by atoms with Gasteiger partial charge in [0.25, 0.3) is 0 Å². The Bertz CT molecular complexity index is 544. The molecule has 0 unspecified atom stereocenters. The number of benzene rings is 1. The van der Waals surface area contributed by atoms with E-state index in [0.717, 1.165) is 0 Å². The molecule has 1 aliphatic rings. The van der Waals surface area contributed by atoms with Gasteiger partial charge in [0.2, 0.25) is 10.0 Å². The number of rotatable bonds is 4. The van der Waals surface area contributed by atoms with Gasteiger partial charge in [-0.05, 0) is 31.9 Å². The minimum atomic E-state index is -3.56. The molecule has 0 heterocycles. The van der Waals surface area contributed by atoms with Gasteiger partial charge < -0.3 is 5.11 Å². The second-order valence-electron chi connectivity index (χ2n) is 4.52. The monoisotopic (exact) mass is 269 g/mol. The molecule has 18 heavy (non-hydrogen) atoms. The van der Waals surface area contributed by atoms with E-state index in [2.05, 4.69) is 4.72 Å². The van der Waals surface area contributed by atoms with E-state index in [0.29, 0.717) is 18.4 Å². The van der Waals surface area contributed by atoms with Crippen molar-refractivity contribution in [1.29, 1.82) is 0 Å². The van der Waals surface area contributed by atoms with Crippen LogP contribution >= 0.6 is 0 Å². The number of hydrogen-bond acceptors (Lipinski definition) is 4. The average Bonchev–Trinajstić information content (AvgIpc) is 2.27. The summed E-state index contributed by atoms with van der Waals surface area (Å²) in [6, 6.07) is 5.61. The van der Waals surface area contributed by atoms with Gasteiger partial charge in [-0.25, -0.2) is 13.1 Å². The molecule has 6 heteroatoms. The van der Waals surface area contributed by atoms with Crippen molar-refractivity contribution >= 4 is 15.8 Å². The van der Waals surface area contributed by atoms with Crippen molar-refractivity contribution in [3.05, 3.63) is 29.8 Å². The maximum atomic E-state index is 11.9. The molecule has 0 aromatic heterocycles. The van der Waals surface area contributed by atoms with Gasteiger partial charge in [0.15, 0.2) is 5.78 Å². The Balaban J connectivity index is 2.12. The first-order valence-corrected chi connectivity index (χ1v) is 7.18. The molecule has 1 aliphatic carbocycles. The maximum absolute atomic E-state index is 11.9. The lowest BCUT2D eigenvalue weighted by molar-refractivity contribution is 0.0712. The van der Waals surface area contributed by atoms with Crippen LogP contribution in [-0.4, -0.2) is 31.5 Å². The Kier molecular flexibility index (Phi) is 3.52. The zero-order valence-electron chi connectivity index (χ0n) is 9.96. The molecule has 2 N–H and O–H groups in total. The molecule has 0 spiro atoms. The maximum Gasteiger partial charge on any atom is 0.240 e. The minimum Gasteiger partial charge on any atom is -0.393 e. The minimum absolute atomic E-state index is 0.103. The highest BCUT2D eigenvalue weighted by molar-refractivity contribution is 7.89. The normalized spacial score (nSPS) is 23.4. The van der Waals surface area contributed by atoms with Gasteiger partial charge in [-0.15, -0.1) is 0 Å². The highest BCUT2D eigenvalue weighted by atomic mass is 32.2. The fraction of sp³-hybridized carbons (Fsp3) is 0.417. The van der Waals surface area contributed by atoms with Gasteiger partial charge in [0.05, 0.1) is 11.0 Å². The second kappa shape index (κ2) is 4.79. The summed E-state index contributed by atoms with van der Waals surface area (Å²) < 4.78 is 26.4. The third-order valence-corrected chi connectivity index (χ3v) is 4.54. The number of nitrogens with one attached hydrogen (secondary N) is 1. The molecule has 0 atom stereocenters. The Morgan fingerprint density at radius 3 is 2.28 bits per heavy atom. The van der Waals surface area contributed by atoms with Gasteiger partial charge >= 0.3 is 0 Å². The molecule has 1 saturated carbocycles. The van der Waals surface area contributed by atoms with Gasteiger partial charge in [-0.1, -0.05) is 12.1 Å². The van der Waals surface area contributed by atoms with Crippen molar-refractivity contribution in [3.8, 4) is 0 Å². The first kappa shape index (κ1) is 13.2. The van der Waals surface area contributed by atoms with Crippen LogP contribution in [0.4, 0.5) is 0 Å². The van der Waals surface area contributed by atoms with E-state index in [-0.39, 0.29) is 16.7 Å². The SMILES string of the molecule is CC(=O)c1ccc(S(=O)(=O)NC2CC(O)C2)cc1. The van der Waals surface area contributed by atoms with Crippen LogP contribution in [0, 0.1) is 0 Å². The van der Waals surface area contributed by atoms with Gasteiger partial charge in [0, 0.05) is 11.6 Å². The summed E-state index contributed by atoms with van der Waals surface area (Å²) in [6.07, 6.45) is 0.494. The van der Waals surface area contributed by atoms with Crippen molar-refractivity contribution < 1.29 is 18.3 Å². The first-order valence-electron chi connectivity index (χ1n) is 5.70. The number of carbonyl (C=O) groups excluding carboxylic acids is 1. The summed E-state index contributed by atoms with van der Waals surface area (Å²) in [5, 5.41) is 9.11. The van der Waals surface area contributed by atoms with Crippen molar-refractivity contribution in [2.24, 2.45) is 0 Å². The van der Waals surface area contributed by atoms with Crippen LogP contribution in [0.5, 0.6) is 0 Å². The number of hydrogen-bond donors (Lipinski definition) is 2. The van der Waals surface area contributed by atoms with Gasteiger partial charge in [0.1, 0.15) is 0 Å². The van der Waals surface area contributed by atoms with E-state index in [4.69, 9.17) is 5.11 Å². The standard InChI is InChI=1S/C12H15NO4S/c1-8(14)9-2-4-12(5-3-9)18(16,17)13-10-6-11(15)7-10/h2-5,10-11,13,15H,6-7H2,1H3. The lowest BCUT2D eigenvalue weighted by atomic mass is 9.91. The van der Waals surface area contributed by atoms with Crippen molar-refractivity contribution in [1.82, 2.24) is 4.72 Å². The molecule has 0 saturated heterocycles. The van der Waals surface area contributed by atoms with Crippen LogP contribution in [0.1, 0.15) is 30.1 Å². The number of sulfonamides is 1. The number of carbonyl (C=O) groups is 1. The zero-order chi connectivity index (χ0) is 13.3. The Hall–Kier alpha value is -1.24. The third kappa shape index (κ3) is 2.77. The summed E-state index contributed by atoms with van der Waals surface area (Å²) in [7, 11) is -3.56. The number of aliphatic hydroxyl groups excluding tert-OH is 1. The largest absolute Gasteiger partial charge is 0.393 e. The summed E-state index contributed by atoms with van der Waals surface area (Å²) in [5.41, 5.74) is 0.480. The molecule has 5 nitrogen and oxygen atoms in total. The van der Waals surface area contributed by atoms with Crippen LogP contribution in [0.15, 0.2) is 29.2 Å². The zero-order valence-corrected chi connectivity index (χ0v) is 10.8. The Labute approximate surface area is 106 Å².